The molecule has 0 bridgehead atoms. The highest BCUT2D eigenvalue weighted by Gasteiger charge is 2.47. The van der Waals surface area contributed by atoms with Crippen LogP contribution in [0.25, 0.3) is 16.7 Å². The number of furan rings is 1. The van der Waals surface area contributed by atoms with E-state index in [4.69, 9.17) is 4.42 Å². The first kappa shape index (κ1) is 20.8. The number of fused-ring (bicyclic) bond motifs is 1. The number of aromatic nitrogens is 1. The van der Waals surface area contributed by atoms with Crippen molar-refractivity contribution in [3.05, 3.63) is 101 Å². The molecule has 1 unspecified atom stereocenters. The molecule has 0 spiro atoms. The lowest BCUT2D eigenvalue weighted by molar-refractivity contribution is -0.140. The summed E-state index contributed by atoms with van der Waals surface area (Å²) < 4.78 is 5.61. The Labute approximate surface area is 191 Å². The van der Waals surface area contributed by atoms with Gasteiger partial charge in [0, 0.05) is 29.2 Å². The Hall–Kier alpha value is -4.06. The van der Waals surface area contributed by atoms with Crippen LogP contribution in [0.4, 0.5) is 0 Å². The van der Waals surface area contributed by atoms with Gasteiger partial charge in [-0.2, -0.15) is 0 Å². The zero-order chi connectivity index (χ0) is 23.1. The maximum absolute atomic E-state index is 13.1. The van der Waals surface area contributed by atoms with Gasteiger partial charge in [-0.3, -0.25) is 9.59 Å². The Morgan fingerprint density at radius 2 is 1.88 bits per heavy atom. The summed E-state index contributed by atoms with van der Waals surface area (Å²) in [6, 6.07) is 16.1. The standard InChI is InChI=1S/C27H24N2O4/c1-16-9-10-18(14-17(16)2)25(30)23-24(22-8-5-13-33-22)29(27(32)26(23)31)12-11-19-15-28-21-7-4-3-6-20(19)21/h3-10,13-15,24,28,30H,11-12H2,1-2H3/b25-23-. The van der Waals surface area contributed by atoms with Gasteiger partial charge in [0.25, 0.3) is 11.7 Å². The second-order valence-corrected chi connectivity index (χ2v) is 8.42. The average molecular weight is 440 g/mol. The number of hydrogen-bond acceptors (Lipinski definition) is 4. The molecule has 1 saturated heterocycles. The van der Waals surface area contributed by atoms with Gasteiger partial charge in [-0.05, 0) is 61.2 Å². The minimum absolute atomic E-state index is 0.0529. The van der Waals surface area contributed by atoms with Crippen LogP contribution < -0.4 is 0 Å². The van der Waals surface area contributed by atoms with E-state index in [0.717, 1.165) is 27.6 Å². The molecule has 6 heteroatoms. The molecule has 2 N–H and O–H groups in total. The van der Waals surface area contributed by atoms with E-state index >= 15 is 0 Å². The molecule has 6 nitrogen and oxygen atoms in total. The second-order valence-electron chi connectivity index (χ2n) is 8.42. The number of carbonyl (C=O) groups is 2. The van der Waals surface area contributed by atoms with Gasteiger partial charge in [0.15, 0.2) is 0 Å². The number of hydrogen-bond donors (Lipinski definition) is 2. The fourth-order valence-corrected chi connectivity index (χ4v) is 4.48. The molecule has 1 atom stereocenters. The number of benzene rings is 2. The lowest BCUT2D eigenvalue weighted by Gasteiger charge is -2.23. The number of aryl methyl sites for hydroxylation is 2. The quantitative estimate of drug-likeness (QED) is 0.259. The number of likely N-dealkylation sites (tertiary alicyclic amines) is 1. The van der Waals surface area contributed by atoms with E-state index in [1.54, 1.807) is 18.2 Å². The highest BCUT2D eigenvalue weighted by molar-refractivity contribution is 6.46. The first-order chi connectivity index (χ1) is 16.0. The summed E-state index contributed by atoms with van der Waals surface area (Å²) in [5.74, 6) is -1.08. The van der Waals surface area contributed by atoms with Gasteiger partial charge in [-0.15, -0.1) is 0 Å². The zero-order valence-corrected chi connectivity index (χ0v) is 18.5. The smallest absolute Gasteiger partial charge is 0.295 e. The molecule has 0 saturated carbocycles. The van der Waals surface area contributed by atoms with Crippen LogP contribution in [-0.4, -0.2) is 33.2 Å². The first-order valence-corrected chi connectivity index (χ1v) is 10.9. The molecule has 4 aromatic rings. The Morgan fingerprint density at radius 3 is 2.64 bits per heavy atom. The SMILES string of the molecule is Cc1ccc(/C(O)=C2/C(=O)C(=O)N(CCc3c[nH]c4ccccc34)C2c2ccco2)cc1C. The molecule has 3 heterocycles. The maximum atomic E-state index is 13.1. The van der Waals surface area contributed by atoms with E-state index in [1.165, 1.54) is 11.2 Å². The minimum Gasteiger partial charge on any atom is -0.507 e. The maximum Gasteiger partial charge on any atom is 0.295 e. The lowest BCUT2D eigenvalue weighted by atomic mass is 9.97. The van der Waals surface area contributed by atoms with Crippen LogP contribution in [-0.2, 0) is 16.0 Å². The number of ketones is 1. The van der Waals surface area contributed by atoms with Gasteiger partial charge in [-0.25, -0.2) is 0 Å². The van der Waals surface area contributed by atoms with Crippen molar-refractivity contribution in [2.45, 2.75) is 26.3 Å². The first-order valence-electron chi connectivity index (χ1n) is 10.9. The van der Waals surface area contributed by atoms with E-state index < -0.39 is 17.7 Å². The van der Waals surface area contributed by atoms with Crippen molar-refractivity contribution in [2.24, 2.45) is 0 Å². The third-order valence-corrected chi connectivity index (χ3v) is 6.43. The molecular formula is C27H24N2O4. The van der Waals surface area contributed by atoms with Crippen molar-refractivity contribution in [2.75, 3.05) is 6.54 Å². The molecule has 166 valence electrons. The number of para-hydroxylation sites is 1. The van der Waals surface area contributed by atoms with E-state index in [9.17, 15) is 14.7 Å². The van der Waals surface area contributed by atoms with Crippen molar-refractivity contribution in [3.8, 4) is 0 Å². The number of carbonyl (C=O) groups excluding carboxylic acids is 2. The van der Waals surface area contributed by atoms with Gasteiger partial charge >= 0.3 is 0 Å². The molecule has 1 fully saturated rings. The fraction of sp³-hybridized carbons (Fsp3) is 0.185. The van der Waals surface area contributed by atoms with Crippen LogP contribution in [0, 0.1) is 13.8 Å². The fourth-order valence-electron chi connectivity index (χ4n) is 4.48. The number of aromatic amines is 1. The van der Waals surface area contributed by atoms with E-state index in [0.29, 0.717) is 24.3 Å². The van der Waals surface area contributed by atoms with E-state index in [2.05, 4.69) is 4.98 Å². The number of nitrogens with one attached hydrogen (secondary N) is 1. The topological polar surface area (TPSA) is 86.5 Å². The molecule has 1 amide bonds. The highest BCUT2D eigenvalue weighted by atomic mass is 16.3. The molecule has 0 radical (unpaired) electrons. The summed E-state index contributed by atoms with van der Waals surface area (Å²) in [7, 11) is 0. The van der Waals surface area contributed by atoms with E-state index in [1.807, 2.05) is 56.4 Å². The predicted octanol–water partition coefficient (Wildman–Crippen LogP) is 5.04. The number of H-pyrrole nitrogens is 1. The summed E-state index contributed by atoms with van der Waals surface area (Å²) in [5, 5.41) is 12.2. The Morgan fingerprint density at radius 1 is 1.06 bits per heavy atom. The molecule has 5 rings (SSSR count). The van der Waals surface area contributed by atoms with Gasteiger partial charge < -0.3 is 19.4 Å². The molecule has 1 aliphatic heterocycles. The van der Waals surface area contributed by atoms with Crippen molar-refractivity contribution >= 4 is 28.4 Å². The second kappa shape index (κ2) is 8.13. The molecule has 1 aliphatic rings. The highest BCUT2D eigenvalue weighted by Crippen LogP contribution is 2.40. The van der Waals surface area contributed by atoms with Crippen LogP contribution in [0.5, 0.6) is 0 Å². The van der Waals surface area contributed by atoms with E-state index in [-0.39, 0.29) is 11.3 Å². The zero-order valence-electron chi connectivity index (χ0n) is 18.5. The molecular weight excluding hydrogens is 416 g/mol. The Bertz CT molecular complexity index is 1390. The van der Waals surface area contributed by atoms with Crippen molar-refractivity contribution in [3.63, 3.8) is 0 Å². The average Bonchev–Trinajstić information content (AvgIpc) is 3.54. The molecule has 33 heavy (non-hydrogen) atoms. The molecule has 2 aromatic carbocycles. The Balaban J connectivity index is 1.54. The van der Waals surface area contributed by atoms with Gasteiger partial charge in [0.05, 0.1) is 11.8 Å². The number of rotatable bonds is 5. The Kier molecular flexibility index (Phi) is 5.13. The summed E-state index contributed by atoms with van der Waals surface area (Å²) >= 11 is 0. The van der Waals surface area contributed by atoms with Crippen molar-refractivity contribution in [1.29, 1.82) is 0 Å². The normalized spacial score (nSPS) is 17.9. The van der Waals surface area contributed by atoms with Crippen LogP contribution in [0.2, 0.25) is 0 Å². The third-order valence-electron chi connectivity index (χ3n) is 6.43. The van der Waals surface area contributed by atoms with Crippen LogP contribution >= 0.6 is 0 Å². The molecule has 0 aliphatic carbocycles. The number of aliphatic hydroxyl groups excluding tert-OH is 1. The number of nitrogens with zero attached hydrogens (tertiary/aromatic N) is 1. The number of amides is 1. The predicted molar refractivity (Wildman–Crippen MR) is 126 cm³/mol. The van der Waals surface area contributed by atoms with Gasteiger partial charge in [0.2, 0.25) is 0 Å². The van der Waals surface area contributed by atoms with Crippen LogP contribution in [0.3, 0.4) is 0 Å². The summed E-state index contributed by atoms with van der Waals surface area (Å²) in [6.45, 7) is 4.23. The van der Waals surface area contributed by atoms with Crippen LogP contribution in [0.1, 0.15) is 34.1 Å². The van der Waals surface area contributed by atoms with Crippen molar-refractivity contribution < 1.29 is 19.1 Å². The minimum atomic E-state index is -0.785. The number of Topliss-reactive ketones (excluding diaryl/α,β-unsaturated/α-hetero) is 1. The van der Waals surface area contributed by atoms with Crippen LogP contribution in [0.15, 0.2) is 77.0 Å². The summed E-state index contributed by atoms with van der Waals surface area (Å²) in [4.78, 5) is 30.9. The third kappa shape index (κ3) is 3.53. The van der Waals surface area contributed by atoms with Gasteiger partial charge in [-0.1, -0.05) is 30.3 Å². The molecule has 2 aromatic heterocycles. The van der Waals surface area contributed by atoms with Gasteiger partial charge in [0.1, 0.15) is 17.6 Å². The lowest BCUT2D eigenvalue weighted by Crippen LogP contribution is -2.31. The summed E-state index contributed by atoms with van der Waals surface area (Å²) in [6.07, 6.45) is 3.99. The number of aliphatic hydroxyl groups is 1. The summed E-state index contributed by atoms with van der Waals surface area (Å²) in [5.41, 5.74) is 4.70. The van der Waals surface area contributed by atoms with Crippen molar-refractivity contribution in [1.82, 2.24) is 9.88 Å². The monoisotopic (exact) mass is 440 g/mol. The largest absolute Gasteiger partial charge is 0.507 e.